The molecule has 0 aliphatic carbocycles. The molecule has 0 aliphatic heterocycles. The molecule has 6 heteroatoms. The van der Waals surface area contributed by atoms with Gasteiger partial charge in [0.15, 0.2) is 5.16 Å². The van der Waals surface area contributed by atoms with Crippen LogP contribution in [0.5, 0.6) is 0 Å². The number of nitrogens with zero attached hydrogens (tertiary/aromatic N) is 3. The van der Waals surface area contributed by atoms with Crippen LogP contribution in [0.2, 0.25) is 0 Å². The van der Waals surface area contributed by atoms with E-state index in [1.54, 1.807) is 10.6 Å². The van der Waals surface area contributed by atoms with Gasteiger partial charge in [-0.25, -0.2) is 4.98 Å². The van der Waals surface area contributed by atoms with Crippen LogP contribution < -0.4 is 5.56 Å². The Labute approximate surface area is 158 Å². The molecule has 0 saturated heterocycles. The molecular weight excluding hydrogens is 362 g/mol. The average Bonchev–Trinajstić information content (AvgIpc) is 3.16. The summed E-state index contributed by atoms with van der Waals surface area (Å²) in [4.78, 5) is 18.4. The van der Waals surface area contributed by atoms with Gasteiger partial charge in [-0.15, -0.1) is 11.3 Å². The molecule has 0 spiro atoms. The summed E-state index contributed by atoms with van der Waals surface area (Å²) in [5, 5.41) is 12.4. The molecule has 2 heterocycles. The lowest BCUT2D eigenvalue weighted by Crippen LogP contribution is -2.21. The SMILES string of the molecule is N#Cc1ccccc1CSc1nc2sccc2c(=O)n1-c1ccccc1. The van der Waals surface area contributed by atoms with Crippen molar-refractivity contribution < 1.29 is 0 Å². The van der Waals surface area contributed by atoms with E-state index in [-0.39, 0.29) is 5.56 Å². The molecule has 2 aromatic carbocycles. The highest BCUT2D eigenvalue weighted by atomic mass is 32.2. The van der Waals surface area contributed by atoms with Crippen molar-refractivity contribution in [3.8, 4) is 11.8 Å². The summed E-state index contributed by atoms with van der Waals surface area (Å²) in [5.41, 5.74) is 2.29. The summed E-state index contributed by atoms with van der Waals surface area (Å²) in [7, 11) is 0. The third-order valence-corrected chi connectivity index (χ3v) is 5.77. The lowest BCUT2D eigenvalue weighted by atomic mass is 10.1. The molecule has 26 heavy (non-hydrogen) atoms. The van der Waals surface area contributed by atoms with Crippen molar-refractivity contribution in [3.05, 3.63) is 87.5 Å². The number of thiophene rings is 1. The number of rotatable bonds is 4. The van der Waals surface area contributed by atoms with Crippen molar-refractivity contribution in [1.29, 1.82) is 5.26 Å². The maximum absolute atomic E-state index is 13.0. The first-order valence-corrected chi connectivity index (χ1v) is 9.81. The number of aromatic nitrogens is 2. The quantitative estimate of drug-likeness (QED) is 0.386. The first-order valence-electron chi connectivity index (χ1n) is 7.94. The minimum Gasteiger partial charge on any atom is -0.268 e. The summed E-state index contributed by atoms with van der Waals surface area (Å²) in [5.74, 6) is 0.569. The van der Waals surface area contributed by atoms with E-state index in [4.69, 9.17) is 4.98 Å². The van der Waals surface area contributed by atoms with Crippen LogP contribution >= 0.6 is 23.1 Å². The van der Waals surface area contributed by atoms with Crippen molar-refractivity contribution in [1.82, 2.24) is 9.55 Å². The number of benzene rings is 2. The van der Waals surface area contributed by atoms with Gasteiger partial charge in [-0.05, 0) is 35.2 Å². The van der Waals surface area contributed by atoms with E-state index in [1.165, 1.54) is 23.1 Å². The van der Waals surface area contributed by atoms with E-state index in [0.717, 1.165) is 16.1 Å². The van der Waals surface area contributed by atoms with Crippen LogP contribution in [0.1, 0.15) is 11.1 Å². The highest BCUT2D eigenvalue weighted by Crippen LogP contribution is 2.27. The first kappa shape index (κ1) is 16.6. The predicted octanol–water partition coefficient (Wildman–Crippen LogP) is 4.61. The molecule has 0 bridgehead atoms. The van der Waals surface area contributed by atoms with E-state index in [2.05, 4.69) is 6.07 Å². The zero-order chi connectivity index (χ0) is 17.9. The molecular formula is C20H13N3OS2. The maximum atomic E-state index is 13.0. The molecule has 0 amide bonds. The molecule has 0 aliphatic rings. The summed E-state index contributed by atoms with van der Waals surface area (Å²) < 4.78 is 1.65. The molecule has 0 unspecified atom stereocenters. The highest BCUT2D eigenvalue weighted by molar-refractivity contribution is 7.98. The summed E-state index contributed by atoms with van der Waals surface area (Å²) in [6, 6.07) is 21.0. The molecule has 0 radical (unpaired) electrons. The van der Waals surface area contributed by atoms with Gasteiger partial charge in [0.2, 0.25) is 0 Å². The number of para-hydroxylation sites is 1. The third kappa shape index (κ3) is 3.03. The molecule has 4 nitrogen and oxygen atoms in total. The predicted molar refractivity (Wildman–Crippen MR) is 106 cm³/mol. The molecule has 4 rings (SSSR count). The lowest BCUT2D eigenvalue weighted by molar-refractivity contribution is 0.822. The van der Waals surface area contributed by atoms with Crippen LogP contribution in [0.4, 0.5) is 0 Å². The number of thioether (sulfide) groups is 1. The Hall–Kier alpha value is -2.88. The van der Waals surface area contributed by atoms with Gasteiger partial charge in [-0.2, -0.15) is 5.26 Å². The fraction of sp³-hybridized carbons (Fsp3) is 0.0500. The normalized spacial score (nSPS) is 10.7. The van der Waals surface area contributed by atoms with Gasteiger partial charge in [0, 0.05) is 5.75 Å². The van der Waals surface area contributed by atoms with E-state index in [0.29, 0.717) is 21.9 Å². The molecule has 0 saturated carbocycles. The van der Waals surface area contributed by atoms with Gasteiger partial charge >= 0.3 is 0 Å². The molecule has 0 fully saturated rings. The summed E-state index contributed by atoms with van der Waals surface area (Å²) in [6.45, 7) is 0. The van der Waals surface area contributed by atoms with Crippen LogP contribution in [0.25, 0.3) is 15.9 Å². The summed E-state index contributed by atoms with van der Waals surface area (Å²) >= 11 is 2.92. The van der Waals surface area contributed by atoms with Crippen LogP contribution in [-0.2, 0) is 5.75 Å². The Balaban J connectivity index is 1.81. The van der Waals surface area contributed by atoms with Gasteiger partial charge in [-0.1, -0.05) is 48.2 Å². The Morgan fingerprint density at radius 1 is 1.08 bits per heavy atom. The second-order valence-corrected chi connectivity index (χ2v) is 7.40. The Kier molecular flexibility index (Phi) is 4.57. The van der Waals surface area contributed by atoms with Gasteiger partial charge < -0.3 is 0 Å². The fourth-order valence-corrected chi connectivity index (χ4v) is 4.52. The molecule has 2 aromatic heterocycles. The molecule has 126 valence electrons. The average molecular weight is 375 g/mol. The van der Waals surface area contributed by atoms with Crippen molar-refractivity contribution >= 4 is 33.3 Å². The van der Waals surface area contributed by atoms with Crippen LogP contribution in [0.3, 0.4) is 0 Å². The second kappa shape index (κ2) is 7.16. The second-order valence-electron chi connectivity index (χ2n) is 5.57. The van der Waals surface area contributed by atoms with Crippen molar-refractivity contribution in [2.45, 2.75) is 10.9 Å². The van der Waals surface area contributed by atoms with Gasteiger partial charge in [0.1, 0.15) is 4.83 Å². The van der Waals surface area contributed by atoms with E-state index in [1.807, 2.05) is 60.0 Å². The van der Waals surface area contributed by atoms with E-state index in [9.17, 15) is 10.1 Å². The largest absolute Gasteiger partial charge is 0.268 e. The van der Waals surface area contributed by atoms with Crippen molar-refractivity contribution in [3.63, 3.8) is 0 Å². The highest BCUT2D eigenvalue weighted by Gasteiger charge is 2.14. The molecule has 0 atom stereocenters. The minimum absolute atomic E-state index is 0.0708. The number of nitriles is 1. The van der Waals surface area contributed by atoms with Crippen molar-refractivity contribution in [2.24, 2.45) is 0 Å². The molecule has 0 N–H and O–H groups in total. The van der Waals surface area contributed by atoms with Crippen LogP contribution in [0.15, 0.2) is 76.0 Å². The third-order valence-electron chi connectivity index (χ3n) is 3.98. The van der Waals surface area contributed by atoms with E-state index < -0.39 is 0 Å². The van der Waals surface area contributed by atoms with Gasteiger partial charge in [0.25, 0.3) is 5.56 Å². The zero-order valence-electron chi connectivity index (χ0n) is 13.6. The minimum atomic E-state index is -0.0708. The van der Waals surface area contributed by atoms with Gasteiger partial charge in [0.05, 0.1) is 22.7 Å². The smallest absolute Gasteiger partial charge is 0.267 e. The Morgan fingerprint density at radius 2 is 1.85 bits per heavy atom. The Morgan fingerprint density at radius 3 is 2.65 bits per heavy atom. The fourth-order valence-electron chi connectivity index (χ4n) is 2.69. The maximum Gasteiger partial charge on any atom is 0.267 e. The zero-order valence-corrected chi connectivity index (χ0v) is 15.3. The van der Waals surface area contributed by atoms with E-state index >= 15 is 0 Å². The number of hydrogen-bond donors (Lipinski definition) is 0. The molecule has 4 aromatic rings. The Bertz CT molecular complexity index is 1170. The lowest BCUT2D eigenvalue weighted by Gasteiger charge is -2.12. The first-order chi connectivity index (χ1) is 12.8. The van der Waals surface area contributed by atoms with Crippen LogP contribution in [0, 0.1) is 11.3 Å². The topological polar surface area (TPSA) is 58.7 Å². The summed E-state index contributed by atoms with van der Waals surface area (Å²) in [6.07, 6.45) is 0. The monoisotopic (exact) mass is 375 g/mol. The van der Waals surface area contributed by atoms with Gasteiger partial charge in [-0.3, -0.25) is 9.36 Å². The number of fused-ring (bicyclic) bond motifs is 1. The van der Waals surface area contributed by atoms with Crippen molar-refractivity contribution in [2.75, 3.05) is 0 Å². The standard InChI is InChI=1S/C20H13N3OS2/c21-12-14-6-4-5-7-15(14)13-26-20-22-18-17(10-11-25-18)19(24)23(20)16-8-2-1-3-9-16/h1-11H,13H2. The van der Waals surface area contributed by atoms with Crippen LogP contribution in [-0.4, -0.2) is 9.55 Å². The number of hydrogen-bond acceptors (Lipinski definition) is 5.